The normalized spacial score (nSPS) is 12.2. The second kappa shape index (κ2) is 7.24. The number of amides is 1. The summed E-state index contributed by atoms with van der Waals surface area (Å²) in [6.07, 6.45) is 1.91. The molecule has 1 aromatic carbocycles. The Labute approximate surface area is 123 Å². The number of non-ortho nitro benzene ring substituents is 1. The molecular weight excluding hydrogens is 280 g/mol. The molecule has 0 aliphatic carbocycles. The molecule has 1 atom stereocenters. The van der Waals surface area contributed by atoms with E-state index in [0.29, 0.717) is 5.92 Å². The monoisotopic (exact) mass is 298 g/mol. The fourth-order valence-corrected chi connectivity index (χ4v) is 2.02. The first kappa shape index (κ1) is 16.4. The molecule has 1 rings (SSSR count). The summed E-state index contributed by atoms with van der Waals surface area (Å²) in [6.45, 7) is 6.18. The Morgan fingerprint density at radius 1 is 1.35 bits per heavy atom. The molecule has 20 heavy (non-hydrogen) atoms. The van der Waals surface area contributed by atoms with Crippen LogP contribution >= 0.6 is 11.6 Å². The van der Waals surface area contributed by atoms with Gasteiger partial charge in [-0.15, -0.1) is 0 Å². The molecule has 110 valence electrons. The molecule has 0 saturated carbocycles. The van der Waals surface area contributed by atoms with Crippen LogP contribution in [0.5, 0.6) is 0 Å². The quantitative estimate of drug-likeness (QED) is 0.641. The third kappa shape index (κ3) is 4.81. The van der Waals surface area contributed by atoms with E-state index in [1.807, 2.05) is 6.92 Å². The molecule has 5 nitrogen and oxygen atoms in total. The highest BCUT2D eigenvalue weighted by molar-refractivity contribution is 6.34. The van der Waals surface area contributed by atoms with Gasteiger partial charge in [-0.25, -0.2) is 0 Å². The van der Waals surface area contributed by atoms with Crippen LogP contribution in [0.25, 0.3) is 0 Å². The van der Waals surface area contributed by atoms with Crippen LogP contribution in [0, 0.1) is 16.0 Å². The fourth-order valence-electron chi connectivity index (χ4n) is 1.76. The summed E-state index contributed by atoms with van der Waals surface area (Å²) in [5.74, 6) is 0.276. The van der Waals surface area contributed by atoms with Crippen molar-refractivity contribution in [1.29, 1.82) is 0 Å². The fraction of sp³-hybridized carbons (Fsp3) is 0.500. The molecule has 1 unspecified atom stereocenters. The van der Waals surface area contributed by atoms with Crippen LogP contribution in [0.4, 0.5) is 5.69 Å². The predicted molar refractivity (Wildman–Crippen MR) is 79.1 cm³/mol. The van der Waals surface area contributed by atoms with Gasteiger partial charge in [-0.1, -0.05) is 25.4 Å². The van der Waals surface area contributed by atoms with Gasteiger partial charge in [0.2, 0.25) is 0 Å². The molecule has 0 saturated heterocycles. The number of halogens is 1. The standard InChI is InChI=1S/C14H19ClN2O3/c1-9(2)4-5-10(3)16-14(18)12-7-6-11(17(19)20)8-13(12)15/h6-10H,4-5H2,1-3H3,(H,16,18). The van der Waals surface area contributed by atoms with Gasteiger partial charge < -0.3 is 5.32 Å². The lowest BCUT2D eigenvalue weighted by atomic mass is 10.0. The minimum Gasteiger partial charge on any atom is -0.350 e. The zero-order valence-electron chi connectivity index (χ0n) is 11.9. The molecule has 0 heterocycles. The van der Waals surface area contributed by atoms with E-state index in [4.69, 9.17) is 11.6 Å². The Balaban J connectivity index is 2.70. The van der Waals surface area contributed by atoms with Gasteiger partial charge in [-0.05, 0) is 31.7 Å². The predicted octanol–water partition coefficient (Wildman–Crippen LogP) is 3.80. The maximum atomic E-state index is 12.0. The smallest absolute Gasteiger partial charge is 0.270 e. The van der Waals surface area contributed by atoms with Crippen LogP contribution in [-0.2, 0) is 0 Å². The molecule has 1 amide bonds. The van der Waals surface area contributed by atoms with Crippen molar-refractivity contribution in [3.05, 3.63) is 38.9 Å². The summed E-state index contributed by atoms with van der Waals surface area (Å²) in [7, 11) is 0. The van der Waals surface area contributed by atoms with E-state index < -0.39 is 4.92 Å². The SMILES string of the molecule is CC(C)CCC(C)NC(=O)c1ccc([N+](=O)[O-])cc1Cl. The Hall–Kier alpha value is -1.62. The van der Waals surface area contributed by atoms with E-state index in [0.717, 1.165) is 12.8 Å². The molecule has 1 aromatic rings. The number of nitro benzene ring substituents is 1. The number of nitrogens with one attached hydrogen (secondary N) is 1. The Kier molecular flexibility index (Phi) is 5.95. The first-order valence-electron chi connectivity index (χ1n) is 6.56. The average Bonchev–Trinajstić information content (AvgIpc) is 2.35. The number of nitro groups is 1. The number of hydrogen-bond donors (Lipinski definition) is 1. The van der Waals surface area contributed by atoms with Crippen LogP contribution in [0.1, 0.15) is 44.0 Å². The zero-order chi connectivity index (χ0) is 15.3. The molecule has 0 aromatic heterocycles. The highest BCUT2D eigenvalue weighted by Crippen LogP contribution is 2.22. The molecule has 1 N–H and O–H groups in total. The first-order valence-corrected chi connectivity index (χ1v) is 6.94. The summed E-state index contributed by atoms with van der Waals surface area (Å²) in [5, 5.41) is 13.5. The highest BCUT2D eigenvalue weighted by Gasteiger charge is 2.16. The number of carbonyl (C=O) groups excluding carboxylic acids is 1. The maximum absolute atomic E-state index is 12.0. The van der Waals surface area contributed by atoms with Crippen LogP contribution in [0.3, 0.4) is 0 Å². The summed E-state index contributed by atoms with van der Waals surface area (Å²) in [6, 6.07) is 3.89. The molecule has 6 heteroatoms. The highest BCUT2D eigenvalue weighted by atomic mass is 35.5. The lowest BCUT2D eigenvalue weighted by Crippen LogP contribution is -2.32. The van der Waals surface area contributed by atoms with E-state index in [2.05, 4.69) is 19.2 Å². The van der Waals surface area contributed by atoms with Crippen LogP contribution in [0.2, 0.25) is 5.02 Å². The van der Waals surface area contributed by atoms with Crippen molar-refractivity contribution in [3.8, 4) is 0 Å². The van der Waals surface area contributed by atoms with Gasteiger partial charge in [0, 0.05) is 18.2 Å². The molecule has 0 aliphatic heterocycles. The summed E-state index contributed by atoms with van der Waals surface area (Å²) in [5.41, 5.74) is 0.132. The van der Waals surface area contributed by atoms with Gasteiger partial charge >= 0.3 is 0 Å². The van der Waals surface area contributed by atoms with Gasteiger partial charge in [-0.3, -0.25) is 14.9 Å². The van der Waals surface area contributed by atoms with Crippen LogP contribution in [-0.4, -0.2) is 16.9 Å². The van der Waals surface area contributed by atoms with E-state index in [1.54, 1.807) is 0 Å². The number of carbonyl (C=O) groups is 1. The third-order valence-electron chi connectivity index (χ3n) is 2.96. The Morgan fingerprint density at radius 3 is 2.50 bits per heavy atom. The van der Waals surface area contributed by atoms with Crippen molar-refractivity contribution >= 4 is 23.2 Å². The van der Waals surface area contributed by atoms with Crippen molar-refractivity contribution in [3.63, 3.8) is 0 Å². The number of benzene rings is 1. The first-order chi connectivity index (χ1) is 9.31. The Morgan fingerprint density at radius 2 is 2.00 bits per heavy atom. The van der Waals surface area contributed by atoms with Gasteiger partial charge in [-0.2, -0.15) is 0 Å². The molecule has 0 aliphatic rings. The van der Waals surface area contributed by atoms with E-state index in [-0.39, 0.29) is 28.2 Å². The third-order valence-corrected chi connectivity index (χ3v) is 3.28. The summed E-state index contributed by atoms with van der Waals surface area (Å²) >= 11 is 5.91. The minimum atomic E-state index is -0.543. The molecule has 0 fully saturated rings. The second-order valence-electron chi connectivity index (χ2n) is 5.27. The maximum Gasteiger partial charge on any atom is 0.270 e. The number of hydrogen-bond acceptors (Lipinski definition) is 3. The van der Waals surface area contributed by atoms with Crippen molar-refractivity contribution in [1.82, 2.24) is 5.32 Å². The summed E-state index contributed by atoms with van der Waals surface area (Å²) < 4.78 is 0. The molecule has 0 bridgehead atoms. The van der Waals surface area contributed by atoms with E-state index in [1.165, 1.54) is 18.2 Å². The number of rotatable bonds is 6. The Bertz CT molecular complexity index is 503. The summed E-state index contributed by atoms with van der Waals surface area (Å²) in [4.78, 5) is 22.1. The van der Waals surface area contributed by atoms with Crippen LogP contribution in [0.15, 0.2) is 18.2 Å². The topological polar surface area (TPSA) is 72.2 Å². The zero-order valence-corrected chi connectivity index (χ0v) is 12.6. The second-order valence-corrected chi connectivity index (χ2v) is 5.67. The molecule has 0 spiro atoms. The van der Waals surface area contributed by atoms with Gasteiger partial charge in [0.15, 0.2) is 0 Å². The van der Waals surface area contributed by atoms with E-state index in [9.17, 15) is 14.9 Å². The average molecular weight is 299 g/mol. The van der Waals surface area contributed by atoms with Crippen LogP contribution < -0.4 is 5.32 Å². The lowest BCUT2D eigenvalue weighted by molar-refractivity contribution is -0.384. The van der Waals surface area contributed by atoms with E-state index >= 15 is 0 Å². The lowest BCUT2D eigenvalue weighted by Gasteiger charge is -2.15. The minimum absolute atomic E-state index is 0.0381. The largest absolute Gasteiger partial charge is 0.350 e. The van der Waals surface area contributed by atoms with Crippen molar-refractivity contribution in [2.45, 2.75) is 39.7 Å². The van der Waals surface area contributed by atoms with Crippen molar-refractivity contribution < 1.29 is 9.72 Å². The van der Waals surface area contributed by atoms with Gasteiger partial charge in [0.25, 0.3) is 11.6 Å². The van der Waals surface area contributed by atoms with Gasteiger partial charge in [0.05, 0.1) is 15.5 Å². The number of nitrogens with zero attached hydrogens (tertiary/aromatic N) is 1. The molecular formula is C14H19ClN2O3. The van der Waals surface area contributed by atoms with Gasteiger partial charge in [0.1, 0.15) is 0 Å². The molecule has 0 radical (unpaired) electrons. The van der Waals surface area contributed by atoms with Crippen molar-refractivity contribution in [2.75, 3.05) is 0 Å². The van der Waals surface area contributed by atoms with Crippen molar-refractivity contribution in [2.24, 2.45) is 5.92 Å².